The summed E-state index contributed by atoms with van der Waals surface area (Å²) in [4.78, 5) is 15.3. The van der Waals surface area contributed by atoms with Crippen LogP contribution < -0.4 is 5.32 Å². The highest BCUT2D eigenvalue weighted by Crippen LogP contribution is 2.30. The molecule has 0 fully saturated rings. The topological polar surface area (TPSA) is 42.0 Å². The second kappa shape index (κ2) is 5.69. The Balaban J connectivity index is 2.18. The number of anilines is 1. The van der Waals surface area contributed by atoms with Crippen LogP contribution in [0.1, 0.15) is 15.9 Å². The molecule has 21 heavy (non-hydrogen) atoms. The molecule has 1 amide bonds. The van der Waals surface area contributed by atoms with Crippen molar-refractivity contribution in [1.82, 2.24) is 4.98 Å². The zero-order chi connectivity index (χ0) is 15.6. The van der Waals surface area contributed by atoms with Crippen molar-refractivity contribution in [3.8, 4) is 0 Å². The molecule has 0 saturated carbocycles. The zero-order valence-electron chi connectivity index (χ0n) is 10.2. The Bertz CT molecular complexity index is 671. The van der Waals surface area contributed by atoms with Crippen LogP contribution in [-0.2, 0) is 6.18 Å². The molecule has 1 aromatic heterocycles. The highest BCUT2D eigenvalue weighted by atomic mass is 35.5. The smallest absolute Gasteiger partial charge is 0.322 e. The number of aromatic nitrogens is 1. The maximum atomic E-state index is 13.6. The summed E-state index contributed by atoms with van der Waals surface area (Å²) < 4.78 is 50.7. The molecule has 0 saturated heterocycles. The molecule has 0 spiro atoms. The number of carbonyl (C=O) groups is 1. The molecule has 0 unspecified atom stereocenters. The fourth-order valence-corrected chi connectivity index (χ4v) is 1.69. The van der Waals surface area contributed by atoms with Crippen LogP contribution in [0.4, 0.5) is 23.2 Å². The molecule has 110 valence electrons. The van der Waals surface area contributed by atoms with Crippen molar-refractivity contribution >= 4 is 23.2 Å². The number of pyridine rings is 1. The third-order valence-corrected chi connectivity index (χ3v) is 2.82. The summed E-state index contributed by atoms with van der Waals surface area (Å²) in [7, 11) is 0. The van der Waals surface area contributed by atoms with Crippen LogP contribution >= 0.6 is 11.6 Å². The molecule has 0 radical (unpaired) electrons. The Labute approximate surface area is 121 Å². The van der Waals surface area contributed by atoms with E-state index in [0.29, 0.717) is 0 Å². The first kappa shape index (κ1) is 15.2. The fraction of sp³-hybridized carbons (Fsp3) is 0.0769. The lowest BCUT2D eigenvalue weighted by Crippen LogP contribution is -2.14. The van der Waals surface area contributed by atoms with Gasteiger partial charge in [-0.25, -0.2) is 9.37 Å². The van der Waals surface area contributed by atoms with Gasteiger partial charge in [0.05, 0.1) is 11.1 Å². The van der Waals surface area contributed by atoms with E-state index in [2.05, 4.69) is 10.3 Å². The molecule has 0 bridgehead atoms. The highest BCUT2D eigenvalue weighted by Gasteiger charge is 2.30. The maximum Gasteiger partial charge on any atom is 0.416 e. The molecule has 8 heteroatoms. The second-order valence-electron chi connectivity index (χ2n) is 3.99. The van der Waals surface area contributed by atoms with Crippen molar-refractivity contribution in [2.24, 2.45) is 0 Å². The van der Waals surface area contributed by atoms with Crippen molar-refractivity contribution in [3.05, 3.63) is 58.6 Å². The minimum absolute atomic E-state index is 0.0975. The average molecular weight is 319 g/mol. The molecule has 2 aromatic rings. The third-order valence-electron chi connectivity index (χ3n) is 2.56. The number of hydrogen-bond donors (Lipinski definition) is 1. The highest BCUT2D eigenvalue weighted by molar-refractivity contribution is 6.30. The van der Waals surface area contributed by atoms with Gasteiger partial charge < -0.3 is 5.32 Å². The summed E-state index contributed by atoms with van der Waals surface area (Å²) in [5.74, 6) is -1.83. The van der Waals surface area contributed by atoms with Gasteiger partial charge in [0.25, 0.3) is 5.91 Å². The van der Waals surface area contributed by atoms with E-state index in [1.807, 2.05) is 0 Å². The summed E-state index contributed by atoms with van der Waals surface area (Å²) >= 11 is 5.44. The Morgan fingerprint density at radius 2 is 1.76 bits per heavy atom. The number of nitrogens with one attached hydrogen (secondary N) is 1. The molecule has 0 atom stereocenters. The minimum atomic E-state index is -4.47. The maximum absolute atomic E-state index is 13.6. The normalized spacial score (nSPS) is 11.3. The van der Waals surface area contributed by atoms with Gasteiger partial charge in [-0.2, -0.15) is 13.2 Å². The SMILES string of the molecule is O=C(Nc1ccc(C(F)(F)F)cc1)c1ccnc(Cl)c1F. The van der Waals surface area contributed by atoms with Crippen LogP contribution in [0.5, 0.6) is 0 Å². The predicted molar refractivity (Wildman–Crippen MR) is 68.6 cm³/mol. The summed E-state index contributed by atoms with van der Waals surface area (Å²) in [6, 6.07) is 4.88. The van der Waals surface area contributed by atoms with Gasteiger partial charge in [-0.15, -0.1) is 0 Å². The van der Waals surface area contributed by atoms with E-state index >= 15 is 0 Å². The predicted octanol–water partition coefficient (Wildman–Crippen LogP) is 4.15. The van der Waals surface area contributed by atoms with E-state index in [-0.39, 0.29) is 11.3 Å². The quantitative estimate of drug-likeness (QED) is 0.668. The lowest BCUT2D eigenvalue weighted by atomic mass is 10.2. The van der Waals surface area contributed by atoms with E-state index in [4.69, 9.17) is 11.6 Å². The Kier molecular flexibility index (Phi) is 4.13. The van der Waals surface area contributed by atoms with Crippen LogP contribution in [0.25, 0.3) is 0 Å². The van der Waals surface area contributed by atoms with E-state index in [0.717, 1.165) is 36.5 Å². The molecular formula is C13H7ClF4N2O. The van der Waals surface area contributed by atoms with Crippen molar-refractivity contribution in [2.75, 3.05) is 5.32 Å². The van der Waals surface area contributed by atoms with Crippen LogP contribution in [0, 0.1) is 5.82 Å². The molecule has 0 aliphatic heterocycles. The average Bonchev–Trinajstić information content (AvgIpc) is 2.41. The van der Waals surface area contributed by atoms with Gasteiger partial charge in [-0.1, -0.05) is 11.6 Å². The first-order chi connectivity index (χ1) is 9.79. The van der Waals surface area contributed by atoms with E-state index in [1.165, 1.54) is 0 Å². The largest absolute Gasteiger partial charge is 0.416 e. The Morgan fingerprint density at radius 1 is 1.14 bits per heavy atom. The summed E-state index contributed by atoms with van der Waals surface area (Å²) in [6.45, 7) is 0. The van der Waals surface area contributed by atoms with Gasteiger partial charge in [0.2, 0.25) is 0 Å². The van der Waals surface area contributed by atoms with Gasteiger partial charge in [0, 0.05) is 11.9 Å². The van der Waals surface area contributed by atoms with Gasteiger partial charge in [-0.3, -0.25) is 4.79 Å². The number of benzene rings is 1. The van der Waals surface area contributed by atoms with Crippen LogP contribution in [0.15, 0.2) is 36.5 Å². The Morgan fingerprint density at radius 3 is 2.33 bits per heavy atom. The summed E-state index contributed by atoms with van der Waals surface area (Å²) in [5.41, 5.74) is -1.10. The molecule has 0 aliphatic rings. The second-order valence-corrected chi connectivity index (χ2v) is 4.35. The molecule has 0 aliphatic carbocycles. The standard InChI is InChI=1S/C13H7ClF4N2O/c14-11-10(15)9(5-6-19-11)12(21)20-8-3-1-7(2-4-8)13(16,17)18/h1-6H,(H,20,21). The number of halogens is 5. The fourth-order valence-electron chi connectivity index (χ4n) is 1.53. The number of nitrogens with zero attached hydrogens (tertiary/aromatic N) is 1. The first-order valence-electron chi connectivity index (χ1n) is 5.57. The summed E-state index contributed by atoms with van der Waals surface area (Å²) in [6.07, 6.45) is -3.32. The van der Waals surface area contributed by atoms with E-state index < -0.39 is 28.6 Å². The lowest BCUT2D eigenvalue weighted by Gasteiger charge is -2.09. The Hall–Kier alpha value is -2.15. The molecule has 1 N–H and O–H groups in total. The van der Waals surface area contributed by atoms with E-state index in [9.17, 15) is 22.4 Å². The first-order valence-corrected chi connectivity index (χ1v) is 5.95. The number of alkyl halides is 3. The molecule has 1 aromatic carbocycles. The van der Waals surface area contributed by atoms with Crippen LogP contribution in [0.3, 0.4) is 0 Å². The van der Waals surface area contributed by atoms with Crippen LogP contribution in [-0.4, -0.2) is 10.9 Å². The van der Waals surface area contributed by atoms with Gasteiger partial charge in [0.1, 0.15) is 0 Å². The number of carbonyl (C=O) groups excluding carboxylic acids is 1. The van der Waals surface area contributed by atoms with Gasteiger partial charge in [0.15, 0.2) is 11.0 Å². The van der Waals surface area contributed by atoms with Crippen molar-refractivity contribution in [3.63, 3.8) is 0 Å². The molecule has 3 nitrogen and oxygen atoms in total. The third kappa shape index (κ3) is 3.49. The van der Waals surface area contributed by atoms with Gasteiger partial charge >= 0.3 is 6.18 Å². The van der Waals surface area contributed by atoms with Crippen molar-refractivity contribution in [2.45, 2.75) is 6.18 Å². The lowest BCUT2D eigenvalue weighted by molar-refractivity contribution is -0.137. The molecule has 1 heterocycles. The van der Waals surface area contributed by atoms with E-state index in [1.54, 1.807) is 0 Å². The number of amides is 1. The van der Waals surface area contributed by atoms with Crippen molar-refractivity contribution in [1.29, 1.82) is 0 Å². The number of rotatable bonds is 2. The molecule has 2 rings (SSSR count). The monoisotopic (exact) mass is 318 g/mol. The minimum Gasteiger partial charge on any atom is -0.322 e. The summed E-state index contributed by atoms with van der Waals surface area (Å²) in [5, 5.41) is 1.81. The van der Waals surface area contributed by atoms with Crippen LogP contribution in [0.2, 0.25) is 5.15 Å². The van der Waals surface area contributed by atoms with Crippen molar-refractivity contribution < 1.29 is 22.4 Å². The van der Waals surface area contributed by atoms with Gasteiger partial charge in [-0.05, 0) is 30.3 Å². The zero-order valence-corrected chi connectivity index (χ0v) is 11.0. The molecular weight excluding hydrogens is 312 g/mol. The number of hydrogen-bond acceptors (Lipinski definition) is 2.